The summed E-state index contributed by atoms with van der Waals surface area (Å²) in [6.45, 7) is 0.490. The zero-order valence-electron chi connectivity index (χ0n) is 7.21. The Balaban J connectivity index is 2.29. The van der Waals surface area contributed by atoms with Crippen molar-refractivity contribution >= 4 is 33.6 Å². The number of aliphatic imine (C=N–C) groups is 1. The van der Waals surface area contributed by atoms with Crippen LogP contribution in [0.2, 0.25) is 5.02 Å². The molecule has 74 valence electrons. The average molecular weight is 276 g/mol. The number of benzene rings is 1. The van der Waals surface area contributed by atoms with Crippen LogP contribution < -0.4 is 5.73 Å². The van der Waals surface area contributed by atoms with E-state index in [0.29, 0.717) is 11.6 Å². The Morgan fingerprint density at radius 2 is 2.36 bits per heavy atom. The fraction of sp³-hybridized carbons (Fsp3) is 0.222. The third-order valence-electron chi connectivity index (χ3n) is 2.00. The fourth-order valence-electron chi connectivity index (χ4n) is 1.28. The Hall–Kier alpha value is -0.740. The van der Waals surface area contributed by atoms with Gasteiger partial charge in [-0.25, -0.2) is 4.99 Å². The zero-order valence-corrected chi connectivity index (χ0v) is 9.55. The molecule has 0 spiro atoms. The van der Waals surface area contributed by atoms with Crippen LogP contribution in [0.4, 0.5) is 0 Å². The van der Waals surface area contributed by atoms with Crippen LogP contribution in [0.5, 0.6) is 0 Å². The largest absolute Gasteiger partial charge is 0.463 e. The molecule has 14 heavy (non-hydrogen) atoms. The van der Waals surface area contributed by atoms with E-state index in [1.807, 2.05) is 18.2 Å². The van der Waals surface area contributed by atoms with Gasteiger partial charge in [0.05, 0.1) is 5.02 Å². The molecule has 1 heterocycles. The Labute approximate surface area is 95.0 Å². The highest BCUT2D eigenvalue weighted by atomic mass is 79.9. The van der Waals surface area contributed by atoms with Gasteiger partial charge in [-0.05, 0) is 33.6 Å². The SMILES string of the molecule is NC1=NC(c2ccc(Br)c(Cl)c2)CO1. The summed E-state index contributed by atoms with van der Waals surface area (Å²) >= 11 is 9.29. The minimum atomic E-state index is -0.0272. The third kappa shape index (κ3) is 1.86. The number of ether oxygens (including phenoxy) is 1. The van der Waals surface area contributed by atoms with Gasteiger partial charge >= 0.3 is 0 Å². The summed E-state index contributed by atoms with van der Waals surface area (Å²) in [5.41, 5.74) is 6.43. The standard InChI is InChI=1S/C9H8BrClN2O/c10-6-2-1-5(3-7(6)11)8-4-14-9(12)13-8/h1-3,8H,4H2,(H2,12,13). The lowest BCUT2D eigenvalue weighted by molar-refractivity contribution is 0.315. The van der Waals surface area contributed by atoms with E-state index >= 15 is 0 Å². The summed E-state index contributed by atoms with van der Waals surface area (Å²) in [4.78, 5) is 4.13. The van der Waals surface area contributed by atoms with Crippen LogP contribution in [0, 0.1) is 0 Å². The molecular formula is C9H8BrClN2O. The van der Waals surface area contributed by atoms with Gasteiger partial charge in [-0.15, -0.1) is 0 Å². The van der Waals surface area contributed by atoms with Crippen LogP contribution >= 0.6 is 27.5 Å². The molecule has 3 nitrogen and oxygen atoms in total. The van der Waals surface area contributed by atoms with Crippen LogP contribution in [-0.2, 0) is 4.74 Å². The van der Waals surface area contributed by atoms with E-state index in [-0.39, 0.29) is 12.1 Å². The van der Waals surface area contributed by atoms with Crippen molar-refractivity contribution in [1.29, 1.82) is 0 Å². The van der Waals surface area contributed by atoms with Gasteiger partial charge in [0.15, 0.2) is 0 Å². The molecule has 0 amide bonds. The van der Waals surface area contributed by atoms with Gasteiger partial charge in [0, 0.05) is 4.47 Å². The molecule has 0 saturated heterocycles. The lowest BCUT2D eigenvalue weighted by Gasteiger charge is -2.06. The van der Waals surface area contributed by atoms with E-state index in [1.54, 1.807) is 0 Å². The molecule has 1 unspecified atom stereocenters. The van der Waals surface area contributed by atoms with Gasteiger partial charge in [0.25, 0.3) is 6.02 Å². The van der Waals surface area contributed by atoms with Crippen LogP contribution in [0.25, 0.3) is 0 Å². The van der Waals surface area contributed by atoms with Crippen LogP contribution in [0.1, 0.15) is 11.6 Å². The number of halogens is 2. The van der Waals surface area contributed by atoms with Crippen molar-refractivity contribution in [2.24, 2.45) is 10.7 Å². The number of amidine groups is 1. The van der Waals surface area contributed by atoms with Gasteiger partial charge < -0.3 is 10.5 Å². The number of nitrogens with two attached hydrogens (primary N) is 1. The van der Waals surface area contributed by atoms with Crippen LogP contribution in [-0.4, -0.2) is 12.6 Å². The molecule has 0 bridgehead atoms. The maximum atomic E-state index is 5.96. The number of hydrogen-bond acceptors (Lipinski definition) is 3. The van der Waals surface area contributed by atoms with Crippen molar-refractivity contribution in [2.45, 2.75) is 6.04 Å². The van der Waals surface area contributed by atoms with E-state index in [1.165, 1.54) is 0 Å². The minimum absolute atomic E-state index is 0.0272. The van der Waals surface area contributed by atoms with E-state index in [0.717, 1.165) is 10.0 Å². The van der Waals surface area contributed by atoms with Crippen LogP contribution in [0.3, 0.4) is 0 Å². The highest BCUT2D eigenvalue weighted by molar-refractivity contribution is 9.10. The Bertz CT molecular complexity index is 394. The van der Waals surface area contributed by atoms with Gasteiger partial charge in [0.2, 0.25) is 0 Å². The highest BCUT2D eigenvalue weighted by Crippen LogP contribution is 2.29. The van der Waals surface area contributed by atoms with E-state index < -0.39 is 0 Å². The fourth-order valence-corrected chi connectivity index (χ4v) is 1.72. The lowest BCUT2D eigenvalue weighted by Crippen LogP contribution is -2.10. The molecule has 1 aromatic rings. The van der Waals surface area contributed by atoms with Gasteiger partial charge in [-0.1, -0.05) is 17.7 Å². The topological polar surface area (TPSA) is 47.6 Å². The molecule has 2 N–H and O–H groups in total. The molecule has 0 saturated carbocycles. The van der Waals surface area contributed by atoms with Crippen molar-refractivity contribution in [3.63, 3.8) is 0 Å². The quantitative estimate of drug-likeness (QED) is 0.856. The summed E-state index contributed by atoms with van der Waals surface area (Å²) in [5, 5.41) is 0.670. The van der Waals surface area contributed by atoms with Gasteiger partial charge in [-0.3, -0.25) is 0 Å². The summed E-state index contributed by atoms with van der Waals surface area (Å²) in [6, 6.07) is 5.92. The molecule has 2 rings (SSSR count). The first-order valence-electron chi connectivity index (χ1n) is 4.08. The number of hydrogen-bond donors (Lipinski definition) is 1. The van der Waals surface area contributed by atoms with E-state index in [2.05, 4.69) is 20.9 Å². The third-order valence-corrected chi connectivity index (χ3v) is 3.23. The lowest BCUT2D eigenvalue weighted by atomic mass is 10.1. The molecule has 1 aliphatic heterocycles. The maximum absolute atomic E-state index is 5.96. The summed E-state index contributed by atoms with van der Waals surface area (Å²) < 4.78 is 5.94. The first-order chi connectivity index (χ1) is 6.66. The summed E-state index contributed by atoms with van der Waals surface area (Å²) in [6.07, 6.45) is 0. The molecular weight excluding hydrogens is 267 g/mol. The molecule has 0 radical (unpaired) electrons. The average Bonchev–Trinajstić information content (AvgIpc) is 2.57. The van der Waals surface area contributed by atoms with Crippen molar-refractivity contribution in [3.05, 3.63) is 33.3 Å². The Morgan fingerprint density at radius 1 is 1.57 bits per heavy atom. The van der Waals surface area contributed by atoms with Crippen molar-refractivity contribution in [3.8, 4) is 0 Å². The molecule has 0 aliphatic carbocycles. The molecule has 0 fully saturated rings. The van der Waals surface area contributed by atoms with E-state index in [9.17, 15) is 0 Å². The first kappa shape index (κ1) is 9.80. The Kier molecular flexibility index (Phi) is 2.65. The molecule has 1 aliphatic rings. The van der Waals surface area contributed by atoms with Gasteiger partial charge in [0.1, 0.15) is 12.6 Å². The second-order valence-electron chi connectivity index (χ2n) is 2.97. The Morgan fingerprint density at radius 3 is 2.93 bits per heavy atom. The second-order valence-corrected chi connectivity index (χ2v) is 4.23. The molecule has 5 heteroatoms. The predicted molar refractivity (Wildman–Crippen MR) is 59.5 cm³/mol. The number of rotatable bonds is 1. The molecule has 1 atom stereocenters. The normalized spacial score (nSPS) is 20.4. The van der Waals surface area contributed by atoms with Crippen molar-refractivity contribution < 1.29 is 4.74 Å². The smallest absolute Gasteiger partial charge is 0.282 e. The second kappa shape index (κ2) is 3.79. The highest BCUT2D eigenvalue weighted by Gasteiger charge is 2.19. The minimum Gasteiger partial charge on any atom is -0.463 e. The maximum Gasteiger partial charge on any atom is 0.282 e. The zero-order chi connectivity index (χ0) is 10.1. The van der Waals surface area contributed by atoms with Crippen molar-refractivity contribution in [2.75, 3.05) is 6.61 Å². The van der Waals surface area contributed by atoms with Crippen molar-refractivity contribution in [1.82, 2.24) is 0 Å². The first-order valence-corrected chi connectivity index (χ1v) is 5.25. The number of nitrogens with zero attached hydrogens (tertiary/aromatic N) is 1. The predicted octanol–water partition coefficient (Wildman–Crippen LogP) is 2.49. The van der Waals surface area contributed by atoms with Crippen LogP contribution in [0.15, 0.2) is 27.7 Å². The monoisotopic (exact) mass is 274 g/mol. The molecule has 1 aromatic carbocycles. The van der Waals surface area contributed by atoms with Gasteiger partial charge in [-0.2, -0.15) is 0 Å². The summed E-state index contributed by atoms with van der Waals surface area (Å²) in [5.74, 6) is 0. The van der Waals surface area contributed by atoms with E-state index in [4.69, 9.17) is 22.1 Å². The molecule has 0 aromatic heterocycles. The summed E-state index contributed by atoms with van der Waals surface area (Å²) in [7, 11) is 0.